The van der Waals surface area contributed by atoms with E-state index in [9.17, 15) is 14.3 Å². The maximum atomic E-state index is 13.9. The fraction of sp³-hybridized carbons (Fsp3) is 0.333. The Morgan fingerprint density at radius 3 is 2.57 bits per heavy atom. The zero-order chi connectivity index (χ0) is 17.1. The van der Waals surface area contributed by atoms with Crippen molar-refractivity contribution in [3.8, 4) is 5.75 Å². The number of aliphatic imine (C=N–C) groups is 1. The first kappa shape index (κ1) is 17.6. The van der Waals surface area contributed by atoms with Crippen LogP contribution in [0.5, 0.6) is 5.75 Å². The van der Waals surface area contributed by atoms with Crippen molar-refractivity contribution in [1.82, 2.24) is 0 Å². The summed E-state index contributed by atoms with van der Waals surface area (Å²) in [5.74, 6) is -2.38. The Balaban J connectivity index is 2.59. The molecule has 0 aliphatic heterocycles. The maximum Gasteiger partial charge on any atom is 0.343 e. The number of esters is 1. The largest absolute Gasteiger partial charge is 0.506 e. The molecule has 8 heteroatoms. The van der Waals surface area contributed by atoms with Gasteiger partial charge in [-0.05, 0) is 18.9 Å². The second kappa shape index (κ2) is 7.19. The molecule has 0 heterocycles. The van der Waals surface area contributed by atoms with Crippen LogP contribution in [0.25, 0.3) is 5.76 Å². The van der Waals surface area contributed by atoms with Crippen LogP contribution < -0.4 is 4.74 Å². The molecule has 1 fully saturated rings. The molecule has 2 rings (SSSR count). The third-order valence-corrected chi connectivity index (χ3v) is 3.92. The van der Waals surface area contributed by atoms with E-state index in [0.29, 0.717) is 0 Å². The van der Waals surface area contributed by atoms with Crippen LogP contribution in [-0.4, -0.2) is 37.6 Å². The highest BCUT2D eigenvalue weighted by molar-refractivity contribution is 6.38. The van der Waals surface area contributed by atoms with Gasteiger partial charge in [0.05, 0.1) is 25.3 Å². The summed E-state index contributed by atoms with van der Waals surface area (Å²) >= 11 is 11.8. The minimum absolute atomic E-state index is 0.120. The van der Waals surface area contributed by atoms with Gasteiger partial charge in [0.1, 0.15) is 22.2 Å². The Kier molecular flexibility index (Phi) is 5.49. The summed E-state index contributed by atoms with van der Waals surface area (Å²) in [7, 11) is 2.41. The summed E-state index contributed by atoms with van der Waals surface area (Å²) in [6.07, 6.45) is 3.03. The number of hydrogen-bond acceptors (Lipinski definition) is 5. The highest BCUT2D eigenvalue weighted by Gasteiger charge is 2.25. The Bertz CT molecular complexity index is 699. The number of nitrogens with zero attached hydrogens (tertiary/aromatic N) is 1. The molecule has 23 heavy (non-hydrogen) atoms. The molecule has 0 radical (unpaired) electrons. The molecule has 0 spiro atoms. The van der Waals surface area contributed by atoms with Crippen molar-refractivity contribution in [1.29, 1.82) is 0 Å². The highest BCUT2D eigenvalue weighted by atomic mass is 35.5. The van der Waals surface area contributed by atoms with E-state index in [1.165, 1.54) is 13.3 Å². The molecule has 1 saturated carbocycles. The number of methoxy groups -OCH3 is 2. The van der Waals surface area contributed by atoms with Crippen molar-refractivity contribution in [2.24, 2.45) is 4.99 Å². The predicted molar refractivity (Wildman–Crippen MR) is 86.1 cm³/mol. The highest BCUT2D eigenvalue weighted by Crippen LogP contribution is 2.40. The first-order valence-corrected chi connectivity index (χ1v) is 7.42. The average Bonchev–Trinajstić information content (AvgIpc) is 3.35. The lowest BCUT2D eigenvalue weighted by Gasteiger charge is -2.12. The predicted octanol–water partition coefficient (Wildman–Crippen LogP) is 3.82. The molecule has 1 aromatic carbocycles. The number of rotatable bonds is 5. The Labute approximate surface area is 142 Å². The summed E-state index contributed by atoms with van der Waals surface area (Å²) in [6.45, 7) is 0. The number of ether oxygens (including phenoxy) is 2. The molecular weight excluding hydrogens is 348 g/mol. The molecule has 1 aliphatic carbocycles. The Hall–Kier alpha value is -1.79. The van der Waals surface area contributed by atoms with Gasteiger partial charge in [-0.25, -0.2) is 9.18 Å². The molecule has 0 unspecified atom stereocenters. The van der Waals surface area contributed by atoms with Crippen molar-refractivity contribution in [2.45, 2.75) is 18.9 Å². The van der Waals surface area contributed by atoms with Crippen molar-refractivity contribution in [2.75, 3.05) is 14.2 Å². The zero-order valence-electron chi connectivity index (χ0n) is 12.4. The van der Waals surface area contributed by atoms with E-state index in [-0.39, 0.29) is 33.0 Å². The molecule has 0 saturated heterocycles. The molecular formula is C15H14Cl2FNO4. The van der Waals surface area contributed by atoms with Crippen molar-refractivity contribution in [3.63, 3.8) is 0 Å². The number of carbonyl (C=O) groups excluding carboxylic acids is 1. The van der Waals surface area contributed by atoms with E-state index in [1.807, 2.05) is 0 Å². The second-order valence-corrected chi connectivity index (χ2v) is 5.59. The minimum Gasteiger partial charge on any atom is -0.506 e. The molecule has 124 valence electrons. The van der Waals surface area contributed by atoms with Crippen molar-refractivity contribution < 1.29 is 23.8 Å². The zero-order valence-corrected chi connectivity index (χ0v) is 13.9. The first-order valence-electron chi connectivity index (χ1n) is 6.67. The quantitative estimate of drug-likeness (QED) is 0.284. The van der Waals surface area contributed by atoms with Gasteiger partial charge in [-0.15, -0.1) is 0 Å². The molecule has 0 amide bonds. The van der Waals surface area contributed by atoms with E-state index < -0.39 is 17.5 Å². The SMILES string of the molecule is COC(=O)C(C=NC1CC1)=C(O)c1cc(F)c(Cl)c(OC)c1Cl. The van der Waals surface area contributed by atoms with E-state index in [4.69, 9.17) is 27.9 Å². The van der Waals surface area contributed by atoms with Gasteiger partial charge >= 0.3 is 5.97 Å². The molecule has 1 aromatic rings. The van der Waals surface area contributed by atoms with Gasteiger partial charge in [-0.3, -0.25) is 4.99 Å². The maximum absolute atomic E-state index is 13.9. The van der Waals surface area contributed by atoms with E-state index in [0.717, 1.165) is 26.0 Å². The van der Waals surface area contributed by atoms with Gasteiger partial charge < -0.3 is 14.6 Å². The summed E-state index contributed by atoms with van der Waals surface area (Å²) in [5, 5.41) is 9.92. The smallest absolute Gasteiger partial charge is 0.343 e. The van der Waals surface area contributed by atoms with Gasteiger partial charge in [-0.2, -0.15) is 0 Å². The molecule has 1 aliphatic rings. The number of aliphatic hydroxyl groups is 1. The fourth-order valence-corrected chi connectivity index (χ4v) is 2.39. The van der Waals surface area contributed by atoms with Crippen LogP contribution in [0.2, 0.25) is 10.0 Å². The standard InChI is InChI=1S/C15H14Cl2FNO4/c1-22-14-11(16)8(5-10(18)12(14)17)13(20)9(15(21)23-2)6-19-7-3-4-7/h5-7,20H,3-4H2,1-2H3. The summed E-state index contributed by atoms with van der Waals surface area (Å²) in [6, 6.07) is 1.03. The van der Waals surface area contributed by atoms with Crippen LogP contribution >= 0.6 is 23.2 Å². The van der Waals surface area contributed by atoms with Gasteiger partial charge in [0.2, 0.25) is 0 Å². The molecule has 5 nitrogen and oxygen atoms in total. The number of hydrogen-bond donors (Lipinski definition) is 1. The lowest BCUT2D eigenvalue weighted by atomic mass is 10.1. The second-order valence-electron chi connectivity index (χ2n) is 4.83. The first-order chi connectivity index (χ1) is 10.9. The van der Waals surface area contributed by atoms with E-state index in [2.05, 4.69) is 9.73 Å². The van der Waals surface area contributed by atoms with Crippen LogP contribution in [0.1, 0.15) is 18.4 Å². The van der Waals surface area contributed by atoms with Crippen LogP contribution in [0.15, 0.2) is 16.6 Å². The monoisotopic (exact) mass is 361 g/mol. The van der Waals surface area contributed by atoms with Crippen LogP contribution in [0.3, 0.4) is 0 Å². The third kappa shape index (κ3) is 3.76. The van der Waals surface area contributed by atoms with Crippen LogP contribution in [0.4, 0.5) is 4.39 Å². The van der Waals surface area contributed by atoms with E-state index in [1.54, 1.807) is 0 Å². The lowest BCUT2D eigenvalue weighted by Crippen LogP contribution is -2.10. The summed E-state index contributed by atoms with van der Waals surface area (Å²) < 4.78 is 23.4. The number of aliphatic hydroxyl groups excluding tert-OH is 1. The minimum atomic E-state index is -0.849. The number of benzene rings is 1. The molecule has 0 atom stereocenters. The third-order valence-electron chi connectivity index (χ3n) is 3.20. The molecule has 1 N–H and O–H groups in total. The van der Waals surface area contributed by atoms with Crippen molar-refractivity contribution >= 4 is 41.1 Å². The lowest BCUT2D eigenvalue weighted by molar-refractivity contribution is -0.135. The average molecular weight is 362 g/mol. The van der Waals surface area contributed by atoms with Crippen LogP contribution in [-0.2, 0) is 9.53 Å². The van der Waals surface area contributed by atoms with Gasteiger partial charge in [0.15, 0.2) is 5.75 Å². The Morgan fingerprint density at radius 1 is 1.39 bits per heavy atom. The number of halogens is 3. The Morgan fingerprint density at radius 2 is 2.04 bits per heavy atom. The molecule has 0 aromatic heterocycles. The summed E-state index contributed by atoms with van der Waals surface area (Å²) in [4.78, 5) is 16.0. The topological polar surface area (TPSA) is 68.1 Å². The van der Waals surface area contributed by atoms with Gasteiger partial charge in [-0.1, -0.05) is 23.2 Å². The summed E-state index contributed by atoms with van der Waals surface area (Å²) in [5.41, 5.74) is -0.377. The van der Waals surface area contributed by atoms with Crippen molar-refractivity contribution in [3.05, 3.63) is 33.1 Å². The van der Waals surface area contributed by atoms with E-state index >= 15 is 0 Å². The van der Waals surface area contributed by atoms with Gasteiger partial charge in [0.25, 0.3) is 0 Å². The fourth-order valence-electron chi connectivity index (χ4n) is 1.80. The van der Waals surface area contributed by atoms with Crippen LogP contribution in [0, 0.1) is 5.82 Å². The number of carbonyl (C=O) groups is 1. The molecule has 0 bridgehead atoms. The normalized spacial score (nSPS) is 15.5. The van der Waals surface area contributed by atoms with Gasteiger partial charge in [0, 0.05) is 11.8 Å².